The standard InChI is InChI=1S/C25H19ClF4N2O3/c26-18-9-11-21(31-14-18)23(32-22(33)16-6-7-16,13-15-4-2-1-3-5-15)17-8-10-20-19(12-17)24(27,28)35-25(29,30)34-20/h1-5,8-12,14,16H,6-7,13H2,(H,32,33)/t23-/m1/s1. The molecule has 1 aromatic heterocycles. The average molecular weight is 507 g/mol. The van der Waals surface area contributed by atoms with Gasteiger partial charge in [-0.2, -0.15) is 8.78 Å². The maximum absolute atomic E-state index is 14.6. The van der Waals surface area contributed by atoms with Crippen LogP contribution in [0.5, 0.6) is 5.75 Å². The first-order valence-corrected chi connectivity index (χ1v) is 11.2. The summed E-state index contributed by atoms with van der Waals surface area (Å²) >= 11 is 6.04. The predicted molar refractivity (Wildman–Crippen MR) is 118 cm³/mol. The van der Waals surface area contributed by atoms with Gasteiger partial charge in [0, 0.05) is 18.5 Å². The number of hydrogen-bond acceptors (Lipinski definition) is 4. The smallest absolute Gasteiger partial charge is 0.409 e. The van der Waals surface area contributed by atoms with Crippen LogP contribution in [-0.2, 0) is 27.6 Å². The maximum atomic E-state index is 14.6. The van der Waals surface area contributed by atoms with Crippen LogP contribution in [0.4, 0.5) is 17.6 Å². The number of amides is 1. The Morgan fingerprint density at radius 3 is 2.49 bits per heavy atom. The van der Waals surface area contributed by atoms with Crippen LogP contribution < -0.4 is 10.1 Å². The minimum Gasteiger partial charge on any atom is -0.409 e. The molecule has 3 aromatic rings. The molecular formula is C25H19ClF4N2O3. The van der Waals surface area contributed by atoms with Crippen LogP contribution >= 0.6 is 11.6 Å². The Morgan fingerprint density at radius 1 is 1.09 bits per heavy atom. The van der Waals surface area contributed by atoms with Gasteiger partial charge in [-0.3, -0.25) is 9.78 Å². The topological polar surface area (TPSA) is 60.5 Å². The first kappa shape index (κ1) is 23.6. The fraction of sp³-hybridized carbons (Fsp3) is 0.280. The van der Waals surface area contributed by atoms with Crippen molar-refractivity contribution in [3.05, 3.63) is 94.3 Å². The molecule has 1 fully saturated rings. The lowest BCUT2D eigenvalue weighted by Crippen LogP contribution is -2.50. The number of rotatable bonds is 6. The summed E-state index contributed by atoms with van der Waals surface area (Å²) in [5.41, 5.74) is -0.986. The molecular weight excluding hydrogens is 488 g/mol. The van der Waals surface area contributed by atoms with Gasteiger partial charge in [0.2, 0.25) is 5.91 Å². The molecule has 0 radical (unpaired) electrons. The Kier molecular flexibility index (Phi) is 5.72. The number of ether oxygens (including phenoxy) is 2. The Morgan fingerprint density at radius 2 is 1.83 bits per heavy atom. The molecule has 2 heterocycles. The van der Waals surface area contributed by atoms with Gasteiger partial charge in [-0.15, -0.1) is 8.78 Å². The Bertz CT molecular complexity index is 1250. The van der Waals surface area contributed by atoms with Crippen LogP contribution in [0.15, 0.2) is 66.9 Å². The number of alkyl halides is 4. The fourth-order valence-electron chi connectivity index (χ4n) is 4.17. The van der Waals surface area contributed by atoms with Gasteiger partial charge in [-0.05, 0) is 48.2 Å². The van der Waals surface area contributed by atoms with Crippen molar-refractivity contribution in [3.8, 4) is 5.75 Å². The molecule has 35 heavy (non-hydrogen) atoms. The van der Waals surface area contributed by atoms with E-state index in [0.29, 0.717) is 23.6 Å². The van der Waals surface area contributed by atoms with Crippen molar-refractivity contribution < 1.29 is 31.8 Å². The van der Waals surface area contributed by atoms with Crippen molar-refractivity contribution in [2.45, 2.75) is 37.2 Å². The Labute approximate surface area is 203 Å². The molecule has 1 atom stereocenters. The Balaban J connectivity index is 1.71. The molecule has 0 spiro atoms. The SMILES string of the molecule is O=C(N[C@](Cc1ccccc1)(c1ccc2c(c1)C(F)(F)OC(F)(F)O2)c1ccc(Cl)cn1)C1CC1. The molecule has 2 aromatic carbocycles. The zero-order chi connectivity index (χ0) is 24.8. The molecule has 1 N–H and O–H groups in total. The van der Waals surface area contributed by atoms with Gasteiger partial charge in [-0.25, -0.2) is 4.74 Å². The van der Waals surface area contributed by atoms with E-state index in [1.165, 1.54) is 12.3 Å². The molecule has 0 bridgehead atoms. The van der Waals surface area contributed by atoms with Gasteiger partial charge in [0.05, 0.1) is 16.3 Å². The number of hydrogen-bond donors (Lipinski definition) is 1. The lowest BCUT2D eigenvalue weighted by molar-refractivity contribution is -0.461. The molecule has 5 rings (SSSR count). The highest BCUT2D eigenvalue weighted by Crippen LogP contribution is 2.48. The number of pyridine rings is 1. The third kappa shape index (κ3) is 4.70. The number of benzene rings is 2. The highest BCUT2D eigenvalue weighted by atomic mass is 35.5. The number of nitrogens with zero attached hydrogens (tertiary/aromatic N) is 1. The van der Waals surface area contributed by atoms with Gasteiger partial charge >= 0.3 is 12.4 Å². The lowest BCUT2D eigenvalue weighted by Gasteiger charge is -2.37. The molecule has 0 unspecified atom stereocenters. The molecule has 182 valence electrons. The van der Waals surface area contributed by atoms with Crippen LogP contribution in [0.2, 0.25) is 5.02 Å². The second kappa shape index (κ2) is 8.49. The van der Waals surface area contributed by atoms with Gasteiger partial charge in [0.15, 0.2) is 0 Å². The zero-order valence-corrected chi connectivity index (χ0v) is 18.9. The summed E-state index contributed by atoms with van der Waals surface area (Å²) in [5, 5.41) is 3.37. The summed E-state index contributed by atoms with van der Waals surface area (Å²) in [6.45, 7) is 0. The van der Waals surface area contributed by atoms with Crippen LogP contribution in [0.25, 0.3) is 0 Å². The highest BCUT2D eigenvalue weighted by Gasteiger charge is 2.55. The van der Waals surface area contributed by atoms with E-state index in [2.05, 4.69) is 19.8 Å². The van der Waals surface area contributed by atoms with E-state index in [1.54, 1.807) is 12.1 Å². The zero-order valence-electron chi connectivity index (χ0n) is 18.1. The second-order valence-electron chi connectivity index (χ2n) is 8.59. The normalized spacial score (nSPS) is 19.7. The van der Waals surface area contributed by atoms with Crippen molar-refractivity contribution in [2.24, 2.45) is 5.92 Å². The van der Waals surface area contributed by atoms with Crippen LogP contribution in [0.3, 0.4) is 0 Å². The minimum absolute atomic E-state index is 0.142. The summed E-state index contributed by atoms with van der Waals surface area (Å²) < 4.78 is 64.4. The predicted octanol–water partition coefficient (Wildman–Crippen LogP) is 5.76. The molecule has 0 saturated heterocycles. The third-order valence-corrected chi connectivity index (χ3v) is 6.25. The molecule has 1 aliphatic carbocycles. The maximum Gasteiger partial charge on any atom is 0.540 e. The summed E-state index contributed by atoms with van der Waals surface area (Å²) in [7, 11) is 0. The number of aromatic nitrogens is 1. The number of nitrogens with one attached hydrogen (secondary N) is 1. The molecule has 1 amide bonds. The third-order valence-electron chi connectivity index (χ3n) is 6.02. The van der Waals surface area contributed by atoms with Gasteiger partial charge in [0.1, 0.15) is 11.3 Å². The number of halogens is 5. The van der Waals surface area contributed by atoms with Crippen molar-refractivity contribution in [1.29, 1.82) is 0 Å². The van der Waals surface area contributed by atoms with E-state index in [0.717, 1.165) is 17.7 Å². The number of carbonyl (C=O) groups is 1. The van der Waals surface area contributed by atoms with Crippen molar-refractivity contribution in [2.75, 3.05) is 0 Å². The number of carbonyl (C=O) groups excluding carboxylic acids is 1. The number of fused-ring (bicyclic) bond motifs is 1. The molecule has 5 nitrogen and oxygen atoms in total. The summed E-state index contributed by atoms with van der Waals surface area (Å²) in [4.78, 5) is 17.5. The van der Waals surface area contributed by atoms with Crippen molar-refractivity contribution in [3.63, 3.8) is 0 Å². The van der Waals surface area contributed by atoms with E-state index in [9.17, 15) is 22.4 Å². The first-order chi connectivity index (χ1) is 16.6. The Hall–Kier alpha value is -3.17. The van der Waals surface area contributed by atoms with E-state index in [-0.39, 0.29) is 23.8 Å². The summed E-state index contributed by atoms with van der Waals surface area (Å²) in [6.07, 6.45) is -5.87. The van der Waals surface area contributed by atoms with E-state index >= 15 is 0 Å². The molecule has 10 heteroatoms. The molecule has 2 aliphatic rings. The van der Waals surface area contributed by atoms with E-state index in [1.807, 2.05) is 30.3 Å². The largest absolute Gasteiger partial charge is 0.540 e. The van der Waals surface area contributed by atoms with Crippen LogP contribution in [0, 0.1) is 5.92 Å². The van der Waals surface area contributed by atoms with Crippen molar-refractivity contribution in [1.82, 2.24) is 10.3 Å². The van der Waals surface area contributed by atoms with Crippen LogP contribution in [-0.4, -0.2) is 17.2 Å². The monoisotopic (exact) mass is 506 g/mol. The first-order valence-electron chi connectivity index (χ1n) is 10.9. The van der Waals surface area contributed by atoms with E-state index in [4.69, 9.17) is 11.6 Å². The minimum atomic E-state index is -4.49. The van der Waals surface area contributed by atoms with Crippen molar-refractivity contribution >= 4 is 17.5 Å². The van der Waals surface area contributed by atoms with Crippen LogP contribution in [0.1, 0.15) is 35.2 Å². The molecule has 1 saturated carbocycles. The highest BCUT2D eigenvalue weighted by molar-refractivity contribution is 6.30. The molecule has 1 aliphatic heterocycles. The second-order valence-corrected chi connectivity index (χ2v) is 9.02. The lowest BCUT2D eigenvalue weighted by atomic mass is 9.79. The van der Waals surface area contributed by atoms with Gasteiger partial charge in [-0.1, -0.05) is 48.0 Å². The van der Waals surface area contributed by atoms with E-state index < -0.39 is 29.3 Å². The van der Waals surface area contributed by atoms with Gasteiger partial charge < -0.3 is 10.1 Å². The van der Waals surface area contributed by atoms with Gasteiger partial charge in [0.25, 0.3) is 0 Å². The fourth-order valence-corrected chi connectivity index (χ4v) is 4.29. The summed E-state index contributed by atoms with van der Waals surface area (Å²) in [6, 6.07) is 15.7. The average Bonchev–Trinajstić information content (AvgIpc) is 3.64. The quantitative estimate of drug-likeness (QED) is 0.432. The summed E-state index contributed by atoms with van der Waals surface area (Å²) in [5.74, 6) is -1.19.